The standard InChI is InChI=1S/C15H22N2O3/c1-17(2)15(8-5-9-15)10-16-14(19)11-6-4-7-12(20-3)13(11)18/h4,6-7,18H,5,8-10H2,1-3H3,(H,16,19). The summed E-state index contributed by atoms with van der Waals surface area (Å²) in [7, 11) is 5.54. The van der Waals surface area contributed by atoms with E-state index < -0.39 is 0 Å². The van der Waals surface area contributed by atoms with Gasteiger partial charge in [-0.15, -0.1) is 0 Å². The number of likely N-dealkylation sites (N-methyl/N-ethyl adjacent to an activating group) is 1. The molecule has 5 heteroatoms. The van der Waals surface area contributed by atoms with Crippen LogP contribution in [0.1, 0.15) is 29.6 Å². The van der Waals surface area contributed by atoms with Crippen LogP contribution >= 0.6 is 0 Å². The number of carbonyl (C=O) groups is 1. The highest BCUT2D eigenvalue weighted by atomic mass is 16.5. The molecule has 1 aliphatic carbocycles. The summed E-state index contributed by atoms with van der Waals surface area (Å²) < 4.78 is 5.01. The molecular formula is C15H22N2O3. The van der Waals surface area contributed by atoms with E-state index in [2.05, 4.69) is 10.2 Å². The van der Waals surface area contributed by atoms with Crippen LogP contribution in [0.25, 0.3) is 0 Å². The molecule has 1 aromatic carbocycles. The molecule has 1 aromatic rings. The van der Waals surface area contributed by atoms with Gasteiger partial charge in [0.25, 0.3) is 5.91 Å². The zero-order chi connectivity index (χ0) is 14.8. The highest BCUT2D eigenvalue weighted by Crippen LogP contribution is 2.35. The van der Waals surface area contributed by atoms with Gasteiger partial charge in [0.05, 0.1) is 12.7 Å². The molecule has 0 unspecified atom stereocenters. The Balaban J connectivity index is 2.06. The Bertz CT molecular complexity index is 496. The topological polar surface area (TPSA) is 61.8 Å². The van der Waals surface area contributed by atoms with E-state index in [1.165, 1.54) is 13.5 Å². The van der Waals surface area contributed by atoms with Crippen LogP contribution in [0.4, 0.5) is 0 Å². The van der Waals surface area contributed by atoms with Gasteiger partial charge in [-0.05, 0) is 45.5 Å². The largest absolute Gasteiger partial charge is 0.504 e. The first-order valence-electron chi connectivity index (χ1n) is 6.82. The third-order valence-corrected chi connectivity index (χ3v) is 4.27. The number of rotatable bonds is 5. The van der Waals surface area contributed by atoms with E-state index in [9.17, 15) is 9.90 Å². The molecule has 1 saturated carbocycles. The van der Waals surface area contributed by atoms with Gasteiger partial charge in [0.1, 0.15) is 0 Å². The SMILES string of the molecule is COc1cccc(C(=O)NCC2(N(C)C)CCC2)c1O. The quantitative estimate of drug-likeness (QED) is 0.859. The molecule has 0 aromatic heterocycles. The van der Waals surface area contributed by atoms with Gasteiger partial charge in [0.15, 0.2) is 11.5 Å². The maximum absolute atomic E-state index is 12.2. The first-order valence-corrected chi connectivity index (χ1v) is 6.82. The minimum atomic E-state index is -0.269. The lowest BCUT2D eigenvalue weighted by Crippen LogP contribution is -2.57. The van der Waals surface area contributed by atoms with Crippen molar-refractivity contribution in [3.63, 3.8) is 0 Å². The second-order valence-electron chi connectivity index (χ2n) is 5.51. The molecule has 1 aliphatic rings. The second kappa shape index (κ2) is 5.71. The van der Waals surface area contributed by atoms with Crippen LogP contribution in [0.3, 0.4) is 0 Å². The van der Waals surface area contributed by atoms with Gasteiger partial charge in [-0.2, -0.15) is 0 Å². The molecule has 110 valence electrons. The summed E-state index contributed by atoms with van der Waals surface area (Å²) >= 11 is 0. The summed E-state index contributed by atoms with van der Waals surface area (Å²) in [6, 6.07) is 4.91. The monoisotopic (exact) mass is 278 g/mol. The lowest BCUT2D eigenvalue weighted by atomic mass is 9.75. The summed E-state index contributed by atoms with van der Waals surface area (Å²) in [5.74, 6) is -0.0712. The predicted molar refractivity (Wildman–Crippen MR) is 77.3 cm³/mol. The van der Waals surface area contributed by atoms with Crippen molar-refractivity contribution in [2.45, 2.75) is 24.8 Å². The van der Waals surface area contributed by atoms with Crippen LogP contribution in [0.15, 0.2) is 18.2 Å². The van der Waals surface area contributed by atoms with Gasteiger partial charge in [0.2, 0.25) is 0 Å². The molecule has 20 heavy (non-hydrogen) atoms. The number of phenols is 1. The molecular weight excluding hydrogens is 256 g/mol. The third-order valence-electron chi connectivity index (χ3n) is 4.27. The Morgan fingerprint density at radius 2 is 2.15 bits per heavy atom. The fourth-order valence-electron chi connectivity index (χ4n) is 2.58. The molecule has 5 nitrogen and oxygen atoms in total. The van der Waals surface area contributed by atoms with Crippen molar-refractivity contribution in [3.05, 3.63) is 23.8 Å². The van der Waals surface area contributed by atoms with E-state index in [0.29, 0.717) is 12.3 Å². The number of hydrogen-bond acceptors (Lipinski definition) is 4. The number of benzene rings is 1. The highest BCUT2D eigenvalue weighted by molar-refractivity contribution is 5.97. The minimum Gasteiger partial charge on any atom is -0.504 e. The first kappa shape index (κ1) is 14.7. The number of hydrogen-bond donors (Lipinski definition) is 2. The number of methoxy groups -OCH3 is 1. The number of phenolic OH excluding ortho intramolecular Hbond substituents is 1. The molecule has 2 rings (SSSR count). The molecule has 0 heterocycles. The van der Waals surface area contributed by atoms with Crippen LogP contribution in [-0.4, -0.2) is 49.2 Å². The number of carbonyl (C=O) groups excluding carboxylic acids is 1. The van der Waals surface area contributed by atoms with Crippen molar-refractivity contribution < 1.29 is 14.6 Å². The van der Waals surface area contributed by atoms with Crippen molar-refractivity contribution in [1.29, 1.82) is 0 Å². The maximum atomic E-state index is 12.2. The molecule has 0 aliphatic heterocycles. The van der Waals surface area contributed by atoms with Crippen molar-refractivity contribution in [1.82, 2.24) is 10.2 Å². The third kappa shape index (κ3) is 2.58. The van der Waals surface area contributed by atoms with E-state index in [1.807, 2.05) is 14.1 Å². The zero-order valence-electron chi connectivity index (χ0n) is 12.3. The Labute approximate surface area is 119 Å². The van der Waals surface area contributed by atoms with Crippen LogP contribution < -0.4 is 10.1 Å². The van der Waals surface area contributed by atoms with Gasteiger partial charge in [-0.1, -0.05) is 6.07 Å². The number of nitrogens with one attached hydrogen (secondary N) is 1. The first-order chi connectivity index (χ1) is 9.50. The summed E-state index contributed by atoms with van der Waals surface area (Å²) in [5.41, 5.74) is 0.307. The summed E-state index contributed by atoms with van der Waals surface area (Å²) in [4.78, 5) is 14.4. The average molecular weight is 278 g/mol. The van der Waals surface area contributed by atoms with E-state index in [4.69, 9.17) is 4.74 Å². The van der Waals surface area contributed by atoms with E-state index in [1.54, 1.807) is 18.2 Å². The van der Waals surface area contributed by atoms with Crippen molar-refractivity contribution in [3.8, 4) is 11.5 Å². The van der Waals surface area contributed by atoms with Gasteiger partial charge >= 0.3 is 0 Å². The van der Waals surface area contributed by atoms with Gasteiger partial charge in [0, 0.05) is 12.1 Å². The number of amides is 1. The molecule has 0 saturated heterocycles. The smallest absolute Gasteiger partial charge is 0.255 e. The van der Waals surface area contributed by atoms with Gasteiger partial charge in [-0.25, -0.2) is 0 Å². The molecule has 0 radical (unpaired) electrons. The van der Waals surface area contributed by atoms with Crippen LogP contribution in [0.2, 0.25) is 0 Å². The molecule has 0 bridgehead atoms. The Morgan fingerprint density at radius 3 is 2.65 bits per heavy atom. The average Bonchev–Trinajstić information content (AvgIpc) is 2.37. The van der Waals surface area contributed by atoms with Crippen molar-refractivity contribution >= 4 is 5.91 Å². The Morgan fingerprint density at radius 1 is 1.45 bits per heavy atom. The Hall–Kier alpha value is -1.75. The van der Waals surface area contributed by atoms with Crippen LogP contribution in [-0.2, 0) is 0 Å². The summed E-state index contributed by atoms with van der Waals surface area (Å²) in [6.07, 6.45) is 3.37. The summed E-state index contributed by atoms with van der Waals surface area (Å²) in [6.45, 7) is 0.593. The van der Waals surface area contributed by atoms with Gasteiger partial charge < -0.3 is 20.1 Å². The minimum absolute atomic E-state index is 0.0597. The molecule has 0 atom stereocenters. The fourth-order valence-corrected chi connectivity index (χ4v) is 2.58. The predicted octanol–water partition coefficient (Wildman–Crippen LogP) is 1.61. The zero-order valence-corrected chi connectivity index (χ0v) is 12.3. The normalized spacial score (nSPS) is 16.6. The van der Waals surface area contributed by atoms with Crippen LogP contribution in [0, 0.1) is 0 Å². The second-order valence-corrected chi connectivity index (χ2v) is 5.51. The fraction of sp³-hybridized carbons (Fsp3) is 0.533. The summed E-state index contributed by atoms with van der Waals surface area (Å²) in [5, 5.41) is 12.9. The number of nitrogens with zero attached hydrogens (tertiary/aromatic N) is 1. The number of ether oxygens (including phenoxy) is 1. The van der Waals surface area contributed by atoms with Crippen molar-refractivity contribution in [2.75, 3.05) is 27.7 Å². The van der Waals surface area contributed by atoms with E-state index >= 15 is 0 Å². The number of para-hydroxylation sites is 1. The maximum Gasteiger partial charge on any atom is 0.255 e. The van der Waals surface area contributed by atoms with E-state index in [0.717, 1.165) is 12.8 Å². The van der Waals surface area contributed by atoms with Gasteiger partial charge in [-0.3, -0.25) is 4.79 Å². The van der Waals surface area contributed by atoms with Crippen molar-refractivity contribution in [2.24, 2.45) is 0 Å². The molecule has 1 fully saturated rings. The molecule has 0 spiro atoms. The highest BCUT2D eigenvalue weighted by Gasteiger charge is 2.39. The Kier molecular flexibility index (Phi) is 4.18. The molecule has 1 amide bonds. The number of aromatic hydroxyl groups is 1. The molecule has 2 N–H and O–H groups in total. The lowest BCUT2D eigenvalue weighted by Gasteiger charge is -2.47. The lowest BCUT2D eigenvalue weighted by molar-refractivity contribution is 0.0557. The van der Waals surface area contributed by atoms with E-state index in [-0.39, 0.29) is 22.8 Å². The van der Waals surface area contributed by atoms with Crippen LogP contribution in [0.5, 0.6) is 11.5 Å².